The van der Waals surface area contributed by atoms with Crippen molar-refractivity contribution in [3.05, 3.63) is 35.4 Å². The van der Waals surface area contributed by atoms with Gasteiger partial charge in [-0.3, -0.25) is 4.99 Å². The predicted octanol–water partition coefficient (Wildman–Crippen LogP) is 2.65. The lowest BCUT2D eigenvalue weighted by Gasteiger charge is -2.30. The van der Waals surface area contributed by atoms with E-state index in [4.69, 9.17) is 5.73 Å². The molecule has 1 fully saturated rings. The summed E-state index contributed by atoms with van der Waals surface area (Å²) in [6, 6.07) is 8.64. The quantitative estimate of drug-likeness (QED) is 0.486. The van der Waals surface area contributed by atoms with Gasteiger partial charge in [-0.1, -0.05) is 30.7 Å². The molecule has 0 saturated heterocycles. The largest absolute Gasteiger partial charge is 0.370 e. The number of rotatable bonds is 4. The molecule has 19 heavy (non-hydrogen) atoms. The highest BCUT2D eigenvalue weighted by Gasteiger charge is 2.25. The van der Waals surface area contributed by atoms with Crippen LogP contribution < -0.4 is 11.1 Å². The molecule has 0 spiro atoms. The lowest BCUT2D eigenvalue weighted by molar-refractivity contribution is 0.326. The minimum atomic E-state index is 0. The fourth-order valence-corrected chi connectivity index (χ4v) is 2.73. The molecule has 1 atom stereocenters. The summed E-state index contributed by atoms with van der Waals surface area (Å²) in [6.07, 6.45) is 5.19. The molecule has 104 valence electrons. The first-order valence-electron chi connectivity index (χ1n) is 6.94. The van der Waals surface area contributed by atoms with Crippen molar-refractivity contribution in [3.8, 4) is 0 Å². The maximum absolute atomic E-state index is 5.89. The van der Waals surface area contributed by atoms with E-state index in [2.05, 4.69) is 34.6 Å². The first-order chi connectivity index (χ1) is 8.83. The maximum atomic E-state index is 5.89. The van der Waals surface area contributed by atoms with Gasteiger partial charge in [0, 0.05) is 19.0 Å². The summed E-state index contributed by atoms with van der Waals surface area (Å²) in [7, 11) is 0. The van der Waals surface area contributed by atoms with Crippen LogP contribution in [0.4, 0.5) is 0 Å². The minimum Gasteiger partial charge on any atom is -0.370 e. The molecular formula is C15H22IN3. The number of nitrogens with two attached hydrogens (primary N) is 1. The van der Waals surface area contributed by atoms with E-state index in [-0.39, 0.29) is 24.0 Å². The molecule has 2 aliphatic carbocycles. The summed E-state index contributed by atoms with van der Waals surface area (Å²) >= 11 is 0. The zero-order chi connectivity index (χ0) is 12.4. The van der Waals surface area contributed by atoms with Crippen molar-refractivity contribution in [2.75, 3.05) is 13.1 Å². The number of nitrogens with one attached hydrogen (secondary N) is 1. The van der Waals surface area contributed by atoms with Crippen molar-refractivity contribution in [2.24, 2.45) is 16.6 Å². The Morgan fingerprint density at radius 2 is 2.11 bits per heavy atom. The smallest absolute Gasteiger partial charge is 0.188 e. The number of fused-ring (bicyclic) bond motifs is 1. The molecule has 3 nitrogen and oxygen atoms in total. The normalized spacial score (nSPS) is 21.7. The van der Waals surface area contributed by atoms with E-state index in [0.717, 1.165) is 19.0 Å². The zero-order valence-corrected chi connectivity index (χ0v) is 13.5. The van der Waals surface area contributed by atoms with E-state index in [0.29, 0.717) is 11.9 Å². The van der Waals surface area contributed by atoms with Crippen molar-refractivity contribution in [3.63, 3.8) is 0 Å². The number of hydrogen-bond donors (Lipinski definition) is 2. The molecule has 0 heterocycles. The number of benzene rings is 1. The fourth-order valence-electron chi connectivity index (χ4n) is 2.73. The van der Waals surface area contributed by atoms with Gasteiger partial charge in [0.2, 0.25) is 0 Å². The van der Waals surface area contributed by atoms with E-state index in [1.165, 1.54) is 36.8 Å². The van der Waals surface area contributed by atoms with Gasteiger partial charge < -0.3 is 11.1 Å². The maximum Gasteiger partial charge on any atom is 0.188 e. The van der Waals surface area contributed by atoms with E-state index >= 15 is 0 Å². The Labute approximate surface area is 132 Å². The van der Waals surface area contributed by atoms with Crippen molar-refractivity contribution in [1.29, 1.82) is 0 Å². The Balaban J connectivity index is 0.00000133. The number of halogens is 1. The third kappa shape index (κ3) is 3.41. The Kier molecular flexibility index (Phi) is 5.07. The van der Waals surface area contributed by atoms with Gasteiger partial charge >= 0.3 is 0 Å². The summed E-state index contributed by atoms with van der Waals surface area (Å²) in [4.78, 5) is 4.42. The van der Waals surface area contributed by atoms with Gasteiger partial charge in [-0.05, 0) is 36.3 Å². The molecule has 0 aliphatic heterocycles. The molecule has 0 aromatic heterocycles. The van der Waals surface area contributed by atoms with Crippen LogP contribution in [-0.4, -0.2) is 19.0 Å². The number of hydrogen-bond acceptors (Lipinski definition) is 1. The Morgan fingerprint density at radius 3 is 2.79 bits per heavy atom. The molecule has 0 bridgehead atoms. The minimum absolute atomic E-state index is 0. The third-order valence-electron chi connectivity index (χ3n) is 4.24. The van der Waals surface area contributed by atoms with Gasteiger partial charge in [0.1, 0.15) is 0 Å². The summed E-state index contributed by atoms with van der Waals surface area (Å²) in [5.41, 5.74) is 8.84. The monoisotopic (exact) mass is 371 g/mol. The predicted molar refractivity (Wildman–Crippen MR) is 90.1 cm³/mol. The molecular weight excluding hydrogens is 349 g/mol. The molecule has 4 heteroatoms. The molecule has 1 saturated carbocycles. The standard InChI is InChI=1S/C15H21N3.HI/c16-15(17-9-11-4-3-5-11)18-10-13-8-12-6-1-2-7-14(12)13;/h1-2,6-7,11,13H,3-5,8-10H2,(H3,16,17,18);1H. The average molecular weight is 371 g/mol. The van der Waals surface area contributed by atoms with E-state index in [1.54, 1.807) is 0 Å². The Hall–Kier alpha value is -0.780. The van der Waals surface area contributed by atoms with Crippen molar-refractivity contribution in [2.45, 2.75) is 31.6 Å². The molecule has 2 aliphatic rings. The van der Waals surface area contributed by atoms with Crippen LogP contribution in [0.2, 0.25) is 0 Å². The van der Waals surface area contributed by atoms with Gasteiger partial charge in [0.25, 0.3) is 0 Å². The lowest BCUT2D eigenvalue weighted by atomic mass is 9.78. The Morgan fingerprint density at radius 1 is 1.32 bits per heavy atom. The highest BCUT2D eigenvalue weighted by molar-refractivity contribution is 14.0. The van der Waals surface area contributed by atoms with Crippen molar-refractivity contribution in [1.82, 2.24) is 5.32 Å². The first kappa shape index (κ1) is 14.6. The lowest BCUT2D eigenvalue weighted by Crippen LogP contribution is -2.38. The van der Waals surface area contributed by atoms with Crippen LogP contribution in [0, 0.1) is 5.92 Å². The van der Waals surface area contributed by atoms with Gasteiger partial charge in [-0.25, -0.2) is 0 Å². The summed E-state index contributed by atoms with van der Waals surface area (Å²) < 4.78 is 0. The van der Waals surface area contributed by atoms with Gasteiger partial charge in [-0.15, -0.1) is 24.0 Å². The van der Waals surface area contributed by atoms with E-state index in [1.807, 2.05) is 0 Å². The Bertz CT molecular complexity index is 454. The van der Waals surface area contributed by atoms with Crippen LogP contribution in [0.15, 0.2) is 29.3 Å². The molecule has 3 rings (SSSR count). The van der Waals surface area contributed by atoms with E-state index < -0.39 is 0 Å². The highest BCUT2D eigenvalue weighted by Crippen LogP contribution is 2.33. The number of guanidine groups is 1. The topological polar surface area (TPSA) is 50.4 Å². The summed E-state index contributed by atoms with van der Waals surface area (Å²) in [5, 5.41) is 3.26. The van der Waals surface area contributed by atoms with Gasteiger partial charge in [0.15, 0.2) is 5.96 Å². The SMILES string of the molecule is I.NC(=NCC1CCC1)NCC1Cc2ccccc21. The first-order valence-corrected chi connectivity index (χ1v) is 6.94. The van der Waals surface area contributed by atoms with Crippen LogP contribution >= 0.6 is 24.0 Å². The van der Waals surface area contributed by atoms with E-state index in [9.17, 15) is 0 Å². The average Bonchev–Trinajstić information content (AvgIpc) is 2.28. The van der Waals surface area contributed by atoms with Gasteiger partial charge in [0.05, 0.1) is 0 Å². The molecule has 1 aromatic rings. The molecule has 0 amide bonds. The van der Waals surface area contributed by atoms with Crippen molar-refractivity contribution >= 4 is 29.9 Å². The van der Waals surface area contributed by atoms with Crippen molar-refractivity contribution < 1.29 is 0 Å². The van der Waals surface area contributed by atoms with Gasteiger partial charge in [-0.2, -0.15) is 0 Å². The molecule has 1 aromatic carbocycles. The number of nitrogens with zero attached hydrogens (tertiary/aromatic N) is 1. The van der Waals surface area contributed by atoms with Crippen LogP contribution in [0.25, 0.3) is 0 Å². The van der Waals surface area contributed by atoms with Crippen LogP contribution in [-0.2, 0) is 6.42 Å². The summed E-state index contributed by atoms with van der Waals surface area (Å²) in [5.74, 6) is 2.01. The molecule has 1 unspecified atom stereocenters. The van der Waals surface area contributed by atoms with Crippen LogP contribution in [0.5, 0.6) is 0 Å². The highest BCUT2D eigenvalue weighted by atomic mass is 127. The second-order valence-electron chi connectivity index (χ2n) is 5.50. The molecule has 0 radical (unpaired) electrons. The fraction of sp³-hybridized carbons (Fsp3) is 0.533. The number of aliphatic imine (C=N–C) groups is 1. The molecule has 3 N–H and O–H groups in total. The second-order valence-corrected chi connectivity index (χ2v) is 5.50. The van der Waals surface area contributed by atoms with Crippen LogP contribution in [0.3, 0.4) is 0 Å². The second kappa shape index (κ2) is 6.59. The van der Waals surface area contributed by atoms with Crippen LogP contribution in [0.1, 0.15) is 36.3 Å². The third-order valence-corrected chi connectivity index (χ3v) is 4.24. The zero-order valence-electron chi connectivity index (χ0n) is 11.1. The summed E-state index contributed by atoms with van der Waals surface area (Å²) in [6.45, 7) is 1.82.